The van der Waals surface area contributed by atoms with Crippen LogP contribution < -0.4 is 0 Å². The summed E-state index contributed by atoms with van der Waals surface area (Å²) in [6.07, 6.45) is 1.90. The summed E-state index contributed by atoms with van der Waals surface area (Å²) in [5, 5.41) is 3.27. The molecule has 2 nitrogen and oxygen atoms in total. The van der Waals surface area contributed by atoms with Gasteiger partial charge >= 0.3 is 0 Å². The zero-order valence-corrected chi connectivity index (χ0v) is 8.78. The van der Waals surface area contributed by atoms with Gasteiger partial charge in [-0.05, 0) is 23.6 Å². The van der Waals surface area contributed by atoms with E-state index in [1.807, 2.05) is 18.3 Å². The van der Waals surface area contributed by atoms with Crippen LogP contribution in [0.15, 0.2) is 29.8 Å². The Hall–Kier alpha value is -1.26. The molecule has 0 spiro atoms. The van der Waals surface area contributed by atoms with Crippen molar-refractivity contribution in [2.75, 3.05) is 0 Å². The van der Waals surface area contributed by atoms with Crippen LogP contribution in [0.5, 0.6) is 0 Å². The summed E-state index contributed by atoms with van der Waals surface area (Å²) in [6, 6.07) is 5.91. The summed E-state index contributed by atoms with van der Waals surface area (Å²) in [5.41, 5.74) is 2.00. The minimum atomic E-state index is 0.748. The third-order valence-corrected chi connectivity index (χ3v) is 3.27. The van der Waals surface area contributed by atoms with Crippen molar-refractivity contribution in [3.05, 3.63) is 34.4 Å². The molecule has 0 atom stereocenters. The molecule has 0 amide bonds. The molecule has 0 aliphatic rings. The van der Waals surface area contributed by atoms with E-state index in [4.69, 9.17) is 12.2 Å². The second-order valence-electron chi connectivity index (χ2n) is 3.04. The molecule has 0 saturated carbocycles. The molecule has 1 N–H and O–H groups in total. The summed E-state index contributed by atoms with van der Waals surface area (Å²) < 4.78 is 1.94. The van der Waals surface area contributed by atoms with Crippen molar-refractivity contribution in [1.82, 2.24) is 9.97 Å². The number of rotatable bonds is 0. The summed E-state index contributed by atoms with van der Waals surface area (Å²) in [4.78, 5) is 7.53. The van der Waals surface area contributed by atoms with Crippen LogP contribution >= 0.6 is 23.6 Å². The molecule has 3 rings (SSSR count). The molecule has 0 aromatic carbocycles. The summed E-state index contributed by atoms with van der Waals surface area (Å²) in [7, 11) is 0. The number of thiophene rings is 1. The largest absolute Gasteiger partial charge is 0.344 e. The molecule has 3 aromatic rings. The second kappa shape index (κ2) is 2.87. The van der Waals surface area contributed by atoms with Gasteiger partial charge < -0.3 is 4.98 Å². The molecule has 0 aliphatic heterocycles. The minimum absolute atomic E-state index is 0.748. The van der Waals surface area contributed by atoms with E-state index >= 15 is 0 Å². The predicted octanol–water partition coefficient (Wildman–Crippen LogP) is 3.51. The first-order valence-electron chi connectivity index (χ1n) is 4.20. The Morgan fingerprint density at radius 2 is 2.21 bits per heavy atom. The number of pyridine rings is 2. The molecular formula is C10H6N2S2. The molecule has 0 radical (unpaired) electrons. The second-order valence-corrected chi connectivity index (χ2v) is 4.43. The highest BCUT2D eigenvalue weighted by atomic mass is 32.1. The summed E-state index contributed by atoms with van der Waals surface area (Å²) in [6.45, 7) is 0. The molecule has 0 bridgehead atoms. The monoisotopic (exact) mass is 218 g/mol. The van der Waals surface area contributed by atoms with Gasteiger partial charge in [0.1, 0.15) is 4.64 Å². The Bertz CT molecular complexity index is 666. The van der Waals surface area contributed by atoms with Gasteiger partial charge in [0, 0.05) is 11.6 Å². The maximum atomic E-state index is 5.10. The molecular weight excluding hydrogens is 212 g/mol. The van der Waals surface area contributed by atoms with Crippen molar-refractivity contribution in [3.8, 4) is 0 Å². The Morgan fingerprint density at radius 1 is 1.29 bits per heavy atom. The number of H-pyrrole nitrogens is 1. The molecule has 0 saturated heterocycles. The van der Waals surface area contributed by atoms with Crippen molar-refractivity contribution < 1.29 is 0 Å². The zero-order chi connectivity index (χ0) is 9.54. The lowest BCUT2D eigenvalue weighted by Gasteiger charge is -1.97. The lowest BCUT2D eigenvalue weighted by atomic mass is 10.2. The molecule has 0 unspecified atom stereocenters. The quantitative estimate of drug-likeness (QED) is 0.585. The van der Waals surface area contributed by atoms with Crippen LogP contribution in [0.3, 0.4) is 0 Å². The maximum absolute atomic E-state index is 5.10. The van der Waals surface area contributed by atoms with Crippen molar-refractivity contribution >= 4 is 44.7 Å². The SMILES string of the molecule is S=c1ccc2ncc3sccc3c2[nH]1. The Morgan fingerprint density at radius 3 is 3.14 bits per heavy atom. The van der Waals surface area contributed by atoms with Crippen LogP contribution in [0.1, 0.15) is 0 Å². The Kier molecular flexibility index (Phi) is 1.65. The number of fused-ring (bicyclic) bond motifs is 3. The van der Waals surface area contributed by atoms with Gasteiger partial charge in [0.15, 0.2) is 0 Å². The van der Waals surface area contributed by atoms with Gasteiger partial charge in [-0.15, -0.1) is 11.3 Å². The molecule has 0 fully saturated rings. The minimum Gasteiger partial charge on any atom is -0.344 e. The molecule has 14 heavy (non-hydrogen) atoms. The fourth-order valence-corrected chi connectivity index (χ4v) is 2.47. The van der Waals surface area contributed by atoms with Gasteiger partial charge in [-0.3, -0.25) is 4.98 Å². The van der Waals surface area contributed by atoms with Gasteiger partial charge in [-0.2, -0.15) is 0 Å². The first-order chi connectivity index (χ1) is 6.84. The van der Waals surface area contributed by atoms with E-state index in [2.05, 4.69) is 21.4 Å². The smallest absolute Gasteiger partial charge is 0.103 e. The van der Waals surface area contributed by atoms with E-state index in [-0.39, 0.29) is 0 Å². The van der Waals surface area contributed by atoms with Gasteiger partial charge in [-0.1, -0.05) is 12.2 Å². The number of hydrogen-bond donors (Lipinski definition) is 1. The average molecular weight is 218 g/mol. The van der Waals surface area contributed by atoms with Crippen molar-refractivity contribution in [2.45, 2.75) is 0 Å². The average Bonchev–Trinajstić information content (AvgIpc) is 2.65. The third-order valence-electron chi connectivity index (χ3n) is 2.18. The standard InChI is InChI=1S/C10H6N2S2/c13-9-2-1-7-10(12-9)6-3-4-14-8(6)5-11-7/h1-5H,(H,12,13). The zero-order valence-electron chi connectivity index (χ0n) is 7.15. The van der Waals surface area contributed by atoms with Crippen LogP contribution in [-0.2, 0) is 0 Å². The Balaban J connectivity index is 2.66. The van der Waals surface area contributed by atoms with E-state index in [9.17, 15) is 0 Å². The fraction of sp³-hybridized carbons (Fsp3) is 0. The highest BCUT2D eigenvalue weighted by Gasteiger charge is 2.01. The van der Waals surface area contributed by atoms with E-state index < -0.39 is 0 Å². The predicted molar refractivity (Wildman–Crippen MR) is 62.3 cm³/mol. The fourth-order valence-electron chi connectivity index (χ4n) is 1.54. The number of nitrogens with one attached hydrogen (secondary N) is 1. The Labute approximate surface area is 89.2 Å². The first kappa shape index (κ1) is 8.08. The molecule has 3 aromatic heterocycles. The third kappa shape index (κ3) is 1.08. The van der Waals surface area contributed by atoms with Crippen LogP contribution in [0.25, 0.3) is 21.1 Å². The number of aromatic amines is 1. The lowest BCUT2D eigenvalue weighted by Crippen LogP contribution is -1.82. The lowest BCUT2D eigenvalue weighted by molar-refractivity contribution is 1.35. The summed E-state index contributed by atoms with van der Waals surface area (Å²) >= 11 is 6.79. The van der Waals surface area contributed by atoms with Gasteiger partial charge in [-0.25, -0.2) is 0 Å². The molecule has 3 heterocycles. The molecule has 0 aliphatic carbocycles. The van der Waals surface area contributed by atoms with Crippen molar-refractivity contribution in [1.29, 1.82) is 0 Å². The van der Waals surface area contributed by atoms with E-state index in [0.29, 0.717) is 0 Å². The first-order valence-corrected chi connectivity index (χ1v) is 5.49. The molecule has 68 valence electrons. The summed E-state index contributed by atoms with van der Waals surface area (Å²) in [5.74, 6) is 0. The van der Waals surface area contributed by atoms with E-state index in [1.54, 1.807) is 11.3 Å². The van der Waals surface area contributed by atoms with Crippen LogP contribution in [0, 0.1) is 4.64 Å². The van der Waals surface area contributed by atoms with Gasteiger partial charge in [0.25, 0.3) is 0 Å². The topological polar surface area (TPSA) is 28.7 Å². The van der Waals surface area contributed by atoms with Gasteiger partial charge in [0.05, 0.1) is 15.7 Å². The normalized spacial score (nSPS) is 11.1. The van der Waals surface area contributed by atoms with E-state index in [1.165, 1.54) is 10.1 Å². The number of hydrogen-bond acceptors (Lipinski definition) is 3. The highest BCUT2D eigenvalue weighted by molar-refractivity contribution is 7.71. The highest BCUT2D eigenvalue weighted by Crippen LogP contribution is 2.25. The maximum Gasteiger partial charge on any atom is 0.103 e. The van der Waals surface area contributed by atoms with E-state index in [0.717, 1.165) is 15.7 Å². The number of nitrogens with zero attached hydrogens (tertiary/aromatic N) is 1. The van der Waals surface area contributed by atoms with Crippen molar-refractivity contribution in [2.24, 2.45) is 0 Å². The van der Waals surface area contributed by atoms with Crippen LogP contribution in [0.2, 0.25) is 0 Å². The van der Waals surface area contributed by atoms with Gasteiger partial charge in [0.2, 0.25) is 0 Å². The van der Waals surface area contributed by atoms with Crippen molar-refractivity contribution in [3.63, 3.8) is 0 Å². The number of aromatic nitrogens is 2. The van der Waals surface area contributed by atoms with Crippen LogP contribution in [-0.4, -0.2) is 9.97 Å². The molecule has 4 heteroatoms. The van der Waals surface area contributed by atoms with Crippen LogP contribution in [0.4, 0.5) is 0 Å².